The fraction of sp³-hybridized carbons (Fsp3) is 0.533. The third-order valence-corrected chi connectivity index (χ3v) is 3.16. The van der Waals surface area contributed by atoms with Gasteiger partial charge < -0.3 is 20.1 Å². The first-order valence-corrected chi connectivity index (χ1v) is 6.81. The van der Waals surface area contributed by atoms with Crippen LogP contribution in [0.4, 0.5) is 0 Å². The van der Waals surface area contributed by atoms with Crippen molar-refractivity contribution in [1.29, 1.82) is 0 Å². The van der Waals surface area contributed by atoms with Gasteiger partial charge in [-0.2, -0.15) is 0 Å². The number of nitrogens with one attached hydrogen (secondary N) is 1. The van der Waals surface area contributed by atoms with Crippen LogP contribution in [0, 0.1) is 5.92 Å². The molecule has 0 fully saturated rings. The van der Waals surface area contributed by atoms with E-state index in [0.717, 1.165) is 12.1 Å². The Morgan fingerprint density at radius 1 is 1.50 bits per heavy atom. The number of hydrogen-bond donors (Lipinski definition) is 2. The zero-order valence-electron chi connectivity index (χ0n) is 12.6. The summed E-state index contributed by atoms with van der Waals surface area (Å²) in [5.74, 6) is 0.562. The Bertz CT molecular complexity index is 449. The number of aromatic hydroxyl groups is 1. The Hall–Kier alpha value is -1.75. The molecule has 0 saturated carbocycles. The molecule has 1 amide bonds. The molecule has 0 bridgehead atoms. The van der Waals surface area contributed by atoms with E-state index >= 15 is 0 Å². The lowest BCUT2D eigenvalue weighted by Gasteiger charge is -2.22. The highest BCUT2D eigenvalue weighted by molar-refractivity contribution is 5.78. The minimum absolute atomic E-state index is 0.0565. The van der Waals surface area contributed by atoms with Crippen LogP contribution < -0.4 is 10.1 Å². The van der Waals surface area contributed by atoms with Gasteiger partial charge in [0, 0.05) is 26.1 Å². The zero-order valence-corrected chi connectivity index (χ0v) is 12.6. The fourth-order valence-electron chi connectivity index (χ4n) is 2.00. The third-order valence-electron chi connectivity index (χ3n) is 3.16. The van der Waals surface area contributed by atoms with E-state index in [2.05, 4.69) is 5.32 Å². The maximum Gasteiger partial charge on any atom is 0.226 e. The first kappa shape index (κ1) is 16.3. The second-order valence-electron chi connectivity index (χ2n) is 4.91. The van der Waals surface area contributed by atoms with Crippen molar-refractivity contribution >= 4 is 5.91 Å². The van der Waals surface area contributed by atoms with E-state index in [1.807, 2.05) is 13.8 Å². The molecule has 1 unspecified atom stereocenters. The summed E-state index contributed by atoms with van der Waals surface area (Å²) in [6.45, 7) is 5.96. The molecule has 0 spiro atoms. The molecular formula is C15H24N2O3. The second kappa shape index (κ2) is 7.75. The van der Waals surface area contributed by atoms with Gasteiger partial charge in [0.1, 0.15) is 0 Å². The van der Waals surface area contributed by atoms with Gasteiger partial charge in [0.25, 0.3) is 0 Å². The van der Waals surface area contributed by atoms with Gasteiger partial charge in [-0.05, 0) is 24.2 Å². The number of phenolic OH excluding ortho intramolecular Hbond substituents is 1. The molecule has 1 aromatic carbocycles. The van der Waals surface area contributed by atoms with Crippen LogP contribution in [0.3, 0.4) is 0 Å². The number of benzene rings is 1. The summed E-state index contributed by atoms with van der Waals surface area (Å²) >= 11 is 0. The molecule has 5 nitrogen and oxygen atoms in total. The number of methoxy groups -OCH3 is 1. The highest BCUT2D eigenvalue weighted by Gasteiger charge is 2.17. The maximum atomic E-state index is 12.2. The van der Waals surface area contributed by atoms with Crippen molar-refractivity contribution in [2.45, 2.75) is 20.4 Å². The van der Waals surface area contributed by atoms with E-state index in [1.165, 1.54) is 7.11 Å². The van der Waals surface area contributed by atoms with Crippen molar-refractivity contribution in [3.05, 3.63) is 23.8 Å². The van der Waals surface area contributed by atoms with Crippen LogP contribution in [-0.4, -0.2) is 43.2 Å². The predicted molar refractivity (Wildman–Crippen MR) is 78.8 cm³/mol. The van der Waals surface area contributed by atoms with Gasteiger partial charge in [-0.25, -0.2) is 0 Å². The summed E-state index contributed by atoms with van der Waals surface area (Å²) in [5.41, 5.74) is 0.922. The molecule has 1 rings (SSSR count). The number of ether oxygens (including phenoxy) is 1. The van der Waals surface area contributed by atoms with Crippen LogP contribution in [0.2, 0.25) is 0 Å². The van der Waals surface area contributed by atoms with Crippen LogP contribution in [0.15, 0.2) is 18.2 Å². The molecule has 0 aromatic heterocycles. The quantitative estimate of drug-likeness (QED) is 0.796. The summed E-state index contributed by atoms with van der Waals surface area (Å²) in [6, 6.07) is 5.11. The van der Waals surface area contributed by atoms with E-state index in [-0.39, 0.29) is 17.6 Å². The number of carbonyl (C=O) groups excluding carboxylic acids is 1. The Morgan fingerprint density at radius 2 is 2.20 bits per heavy atom. The van der Waals surface area contributed by atoms with Crippen molar-refractivity contribution in [2.75, 3.05) is 27.2 Å². The lowest BCUT2D eigenvalue weighted by atomic mass is 10.1. The molecule has 0 saturated heterocycles. The largest absolute Gasteiger partial charge is 0.504 e. The van der Waals surface area contributed by atoms with Crippen LogP contribution >= 0.6 is 0 Å². The molecule has 0 heterocycles. The Kier molecular flexibility index (Phi) is 6.31. The summed E-state index contributed by atoms with van der Waals surface area (Å²) in [4.78, 5) is 13.9. The van der Waals surface area contributed by atoms with Gasteiger partial charge in [0.15, 0.2) is 11.5 Å². The zero-order chi connectivity index (χ0) is 15.1. The van der Waals surface area contributed by atoms with Crippen molar-refractivity contribution in [1.82, 2.24) is 10.2 Å². The van der Waals surface area contributed by atoms with Gasteiger partial charge in [-0.3, -0.25) is 4.79 Å². The number of carbonyl (C=O) groups is 1. The molecule has 0 aliphatic rings. The van der Waals surface area contributed by atoms with Gasteiger partial charge in [-0.1, -0.05) is 19.9 Å². The molecule has 1 atom stereocenters. The standard InChI is InChI=1S/C15H24N2O3/c1-5-16-9-11(2)15(19)17(3)10-12-6-7-13(18)14(8-12)20-4/h6-8,11,16,18H,5,9-10H2,1-4H3. The summed E-state index contributed by atoms with van der Waals surface area (Å²) in [7, 11) is 3.29. The number of hydrogen-bond acceptors (Lipinski definition) is 4. The van der Waals surface area contributed by atoms with E-state index in [0.29, 0.717) is 18.8 Å². The van der Waals surface area contributed by atoms with Crippen molar-refractivity contribution in [2.24, 2.45) is 5.92 Å². The molecular weight excluding hydrogens is 256 g/mol. The smallest absolute Gasteiger partial charge is 0.226 e. The Morgan fingerprint density at radius 3 is 2.80 bits per heavy atom. The summed E-state index contributed by atoms with van der Waals surface area (Å²) in [5, 5.41) is 12.7. The van der Waals surface area contributed by atoms with Crippen molar-refractivity contribution < 1.29 is 14.6 Å². The molecule has 2 N–H and O–H groups in total. The predicted octanol–water partition coefficient (Wildman–Crippen LogP) is 1.60. The lowest BCUT2D eigenvalue weighted by Crippen LogP contribution is -2.36. The summed E-state index contributed by atoms with van der Waals surface area (Å²) < 4.78 is 5.06. The minimum atomic E-state index is -0.0565. The topological polar surface area (TPSA) is 61.8 Å². The number of rotatable bonds is 7. The van der Waals surface area contributed by atoms with Crippen molar-refractivity contribution in [3.8, 4) is 11.5 Å². The first-order chi connectivity index (χ1) is 9.49. The molecule has 5 heteroatoms. The Balaban J connectivity index is 2.65. The summed E-state index contributed by atoms with van der Waals surface area (Å²) in [6.07, 6.45) is 0. The molecule has 0 radical (unpaired) electrons. The van der Waals surface area contributed by atoms with Crippen LogP contribution in [0.5, 0.6) is 11.5 Å². The molecule has 0 aliphatic heterocycles. The fourth-order valence-corrected chi connectivity index (χ4v) is 2.00. The molecule has 0 aliphatic carbocycles. The first-order valence-electron chi connectivity index (χ1n) is 6.81. The average Bonchev–Trinajstić information content (AvgIpc) is 2.45. The number of phenols is 1. The van der Waals surface area contributed by atoms with Crippen LogP contribution in [0.1, 0.15) is 19.4 Å². The molecule has 1 aromatic rings. The van der Waals surface area contributed by atoms with E-state index in [9.17, 15) is 9.90 Å². The average molecular weight is 280 g/mol. The van der Waals surface area contributed by atoms with E-state index in [1.54, 1.807) is 30.1 Å². The second-order valence-corrected chi connectivity index (χ2v) is 4.91. The van der Waals surface area contributed by atoms with E-state index < -0.39 is 0 Å². The monoisotopic (exact) mass is 280 g/mol. The lowest BCUT2D eigenvalue weighted by molar-refractivity contribution is -0.134. The Labute approximate surface area is 120 Å². The number of amides is 1. The molecule has 112 valence electrons. The van der Waals surface area contributed by atoms with Gasteiger partial charge >= 0.3 is 0 Å². The minimum Gasteiger partial charge on any atom is -0.504 e. The maximum absolute atomic E-state index is 12.2. The van der Waals surface area contributed by atoms with Crippen LogP contribution in [-0.2, 0) is 11.3 Å². The normalized spacial score (nSPS) is 12.0. The third kappa shape index (κ3) is 4.42. The SMILES string of the molecule is CCNCC(C)C(=O)N(C)Cc1ccc(O)c(OC)c1. The van der Waals surface area contributed by atoms with Crippen molar-refractivity contribution in [3.63, 3.8) is 0 Å². The van der Waals surface area contributed by atoms with E-state index in [4.69, 9.17) is 4.74 Å². The van der Waals surface area contributed by atoms with Gasteiger partial charge in [0.05, 0.1) is 7.11 Å². The molecule has 20 heavy (non-hydrogen) atoms. The highest BCUT2D eigenvalue weighted by Crippen LogP contribution is 2.26. The van der Waals surface area contributed by atoms with Gasteiger partial charge in [-0.15, -0.1) is 0 Å². The van der Waals surface area contributed by atoms with Gasteiger partial charge in [0.2, 0.25) is 5.91 Å². The number of nitrogens with zero attached hydrogens (tertiary/aromatic N) is 1. The highest BCUT2D eigenvalue weighted by atomic mass is 16.5. The van der Waals surface area contributed by atoms with Crippen LogP contribution in [0.25, 0.3) is 0 Å².